The third kappa shape index (κ3) is 4.18. The number of likely N-dealkylation sites (tertiary alicyclic amines) is 1. The summed E-state index contributed by atoms with van der Waals surface area (Å²) in [5.74, 6) is 2.06. The van der Waals surface area contributed by atoms with Crippen LogP contribution in [0.4, 0.5) is 0 Å². The smallest absolute Gasteiger partial charge is 0.138 e. The molecule has 5 rings (SSSR count). The summed E-state index contributed by atoms with van der Waals surface area (Å²) in [7, 11) is 0. The van der Waals surface area contributed by atoms with Crippen LogP contribution in [0.3, 0.4) is 0 Å². The van der Waals surface area contributed by atoms with Gasteiger partial charge in [0.15, 0.2) is 0 Å². The van der Waals surface area contributed by atoms with E-state index in [1.165, 1.54) is 35.4 Å². The minimum atomic E-state index is 0.492. The molecule has 2 aliphatic rings. The Hall–Kier alpha value is -3.39. The molecule has 0 radical (unpaired) electrons. The molecule has 2 aromatic carbocycles. The first-order valence-electron chi connectivity index (χ1n) is 12.1. The van der Waals surface area contributed by atoms with E-state index in [2.05, 4.69) is 54.1 Å². The second-order valence-corrected chi connectivity index (χ2v) is 9.54. The van der Waals surface area contributed by atoms with Gasteiger partial charge in [-0.25, -0.2) is 4.98 Å². The molecule has 1 aliphatic heterocycles. The number of hydrogen-bond donors (Lipinski definition) is 2. The molecule has 1 aliphatic carbocycles. The van der Waals surface area contributed by atoms with Crippen molar-refractivity contribution >= 4 is 5.84 Å². The summed E-state index contributed by atoms with van der Waals surface area (Å²) >= 11 is 0. The van der Waals surface area contributed by atoms with E-state index < -0.39 is 0 Å². The average Bonchev–Trinajstić information content (AvgIpc) is 3.28. The van der Waals surface area contributed by atoms with Crippen LogP contribution < -0.4 is 0 Å². The second kappa shape index (κ2) is 8.86. The van der Waals surface area contributed by atoms with Crippen molar-refractivity contribution in [2.75, 3.05) is 13.1 Å². The van der Waals surface area contributed by atoms with Crippen LogP contribution in [-0.2, 0) is 12.8 Å². The van der Waals surface area contributed by atoms with E-state index in [0.29, 0.717) is 17.3 Å². The highest BCUT2D eigenvalue weighted by Gasteiger charge is 2.25. The van der Waals surface area contributed by atoms with Crippen molar-refractivity contribution in [1.29, 1.82) is 10.7 Å². The van der Waals surface area contributed by atoms with E-state index in [-0.39, 0.29) is 0 Å². The van der Waals surface area contributed by atoms with E-state index in [0.717, 1.165) is 61.3 Å². The summed E-state index contributed by atoms with van der Waals surface area (Å²) in [6, 6.07) is 14.6. The zero-order valence-electron chi connectivity index (χ0n) is 19.5. The number of benzene rings is 2. The first-order chi connectivity index (χ1) is 16.0. The molecule has 0 amide bonds. The zero-order chi connectivity index (χ0) is 22.9. The van der Waals surface area contributed by atoms with Crippen molar-refractivity contribution in [2.45, 2.75) is 58.3 Å². The molecule has 1 aromatic heterocycles. The standard InChI is InChI=1S/C28H31N5/c1-18-15-19(2)24(28-31-25-5-3-4-6-26(25)32-28)16-23(18)27(30)33-13-11-22(12-14-33)21-9-7-20(17-29)8-10-21/h7-10,15-16,22,30H,3-6,11-14H2,1-2H3,(H,31,32). The molecule has 0 spiro atoms. The van der Waals surface area contributed by atoms with Crippen LogP contribution in [0.1, 0.15) is 70.8 Å². The maximum Gasteiger partial charge on any atom is 0.138 e. The highest BCUT2D eigenvalue weighted by atomic mass is 15.2. The van der Waals surface area contributed by atoms with E-state index in [1.807, 2.05) is 12.1 Å². The lowest BCUT2D eigenvalue weighted by Gasteiger charge is -2.34. The lowest BCUT2D eigenvalue weighted by molar-refractivity contribution is 0.312. The third-order valence-electron chi connectivity index (χ3n) is 7.36. The van der Waals surface area contributed by atoms with Crippen molar-refractivity contribution in [3.05, 3.63) is 75.6 Å². The van der Waals surface area contributed by atoms with E-state index in [9.17, 15) is 0 Å². The fourth-order valence-electron chi connectivity index (χ4n) is 5.38. The van der Waals surface area contributed by atoms with Crippen LogP contribution in [0.25, 0.3) is 11.4 Å². The fraction of sp³-hybridized carbons (Fsp3) is 0.393. The Morgan fingerprint density at radius 2 is 1.79 bits per heavy atom. The number of nitrogens with zero attached hydrogens (tertiary/aromatic N) is 3. The second-order valence-electron chi connectivity index (χ2n) is 9.54. The minimum Gasteiger partial charge on any atom is -0.357 e. The van der Waals surface area contributed by atoms with Crippen LogP contribution in [0.15, 0.2) is 36.4 Å². The number of imidazole rings is 1. The fourth-order valence-corrected chi connectivity index (χ4v) is 5.38. The van der Waals surface area contributed by atoms with E-state index >= 15 is 0 Å². The molecule has 2 heterocycles. The summed E-state index contributed by atoms with van der Waals surface area (Å²) < 4.78 is 0. The Labute approximate surface area is 196 Å². The average molecular weight is 438 g/mol. The lowest BCUT2D eigenvalue weighted by atomic mass is 9.88. The molecule has 0 saturated carbocycles. The number of nitriles is 1. The van der Waals surface area contributed by atoms with Gasteiger partial charge >= 0.3 is 0 Å². The molecular weight excluding hydrogens is 406 g/mol. The van der Waals surface area contributed by atoms with Gasteiger partial charge in [-0.05, 0) is 93.2 Å². The molecule has 1 saturated heterocycles. The number of rotatable bonds is 3. The molecule has 0 unspecified atom stereocenters. The van der Waals surface area contributed by atoms with Gasteiger partial charge in [0.25, 0.3) is 0 Å². The number of amidine groups is 1. The van der Waals surface area contributed by atoms with E-state index in [1.54, 1.807) is 0 Å². The van der Waals surface area contributed by atoms with Gasteiger partial charge in [-0.3, -0.25) is 5.41 Å². The monoisotopic (exact) mass is 437 g/mol. The molecule has 168 valence electrons. The Bertz CT molecular complexity index is 1200. The zero-order valence-corrected chi connectivity index (χ0v) is 19.5. The maximum absolute atomic E-state index is 9.03. The Balaban J connectivity index is 1.34. The van der Waals surface area contributed by atoms with Gasteiger partial charge in [-0.2, -0.15) is 5.26 Å². The van der Waals surface area contributed by atoms with Crippen molar-refractivity contribution in [1.82, 2.24) is 14.9 Å². The number of H-pyrrole nitrogens is 1. The molecule has 5 heteroatoms. The van der Waals surface area contributed by atoms with Crippen molar-refractivity contribution in [3.8, 4) is 17.5 Å². The number of hydrogen-bond acceptors (Lipinski definition) is 3. The molecule has 0 atom stereocenters. The van der Waals surface area contributed by atoms with Crippen LogP contribution >= 0.6 is 0 Å². The SMILES string of the molecule is Cc1cc(C)c(-c2nc3c([nH]2)CCCC3)cc1C(=N)N1CCC(c2ccc(C#N)cc2)CC1. The summed E-state index contributed by atoms with van der Waals surface area (Å²) in [5.41, 5.74) is 8.98. The van der Waals surface area contributed by atoms with Gasteiger partial charge in [-0.15, -0.1) is 0 Å². The Kier molecular flexibility index (Phi) is 5.76. The van der Waals surface area contributed by atoms with Gasteiger partial charge < -0.3 is 9.88 Å². The maximum atomic E-state index is 9.03. The molecule has 2 N–H and O–H groups in total. The van der Waals surface area contributed by atoms with Gasteiger partial charge in [0, 0.05) is 29.9 Å². The molecule has 1 fully saturated rings. The summed E-state index contributed by atoms with van der Waals surface area (Å²) in [6.45, 7) is 6.00. The quantitative estimate of drug-likeness (QED) is 0.410. The molecule has 33 heavy (non-hydrogen) atoms. The van der Waals surface area contributed by atoms with Crippen LogP contribution in [0, 0.1) is 30.6 Å². The number of aryl methyl sites for hydroxylation is 4. The molecule has 0 bridgehead atoms. The first-order valence-corrected chi connectivity index (χ1v) is 12.1. The van der Waals surface area contributed by atoms with E-state index in [4.69, 9.17) is 15.7 Å². The van der Waals surface area contributed by atoms with Crippen LogP contribution in [-0.4, -0.2) is 33.8 Å². The Morgan fingerprint density at radius 3 is 2.48 bits per heavy atom. The lowest BCUT2D eigenvalue weighted by Crippen LogP contribution is -2.38. The predicted molar refractivity (Wildman–Crippen MR) is 132 cm³/mol. The van der Waals surface area contributed by atoms with Crippen LogP contribution in [0.2, 0.25) is 0 Å². The molecule has 5 nitrogen and oxygen atoms in total. The number of aromatic nitrogens is 2. The van der Waals surface area contributed by atoms with Gasteiger partial charge in [0.1, 0.15) is 11.7 Å². The highest BCUT2D eigenvalue weighted by Crippen LogP contribution is 2.31. The van der Waals surface area contributed by atoms with Crippen molar-refractivity contribution in [3.63, 3.8) is 0 Å². The summed E-state index contributed by atoms with van der Waals surface area (Å²) in [6.07, 6.45) is 6.65. The summed E-state index contributed by atoms with van der Waals surface area (Å²) in [4.78, 5) is 10.7. The third-order valence-corrected chi connectivity index (χ3v) is 7.36. The van der Waals surface area contributed by atoms with Crippen LogP contribution in [0.5, 0.6) is 0 Å². The number of nitrogens with one attached hydrogen (secondary N) is 2. The van der Waals surface area contributed by atoms with Crippen molar-refractivity contribution in [2.24, 2.45) is 0 Å². The van der Waals surface area contributed by atoms with Gasteiger partial charge in [0.2, 0.25) is 0 Å². The Morgan fingerprint density at radius 1 is 1.06 bits per heavy atom. The number of piperidine rings is 1. The first kappa shape index (κ1) is 21.5. The summed E-state index contributed by atoms with van der Waals surface area (Å²) in [5, 5.41) is 18.0. The topological polar surface area (TPSA) is 79.6 Å². The molecule has 3 aromatic rings. The van der Waals surface area contributed by atoms with Gasteiger partial charge in [0.05, 0.1) is 17.3 Å². The molecular formula is C28H31N5. The normalized spacial score (nSPS) is 16.3. The van der Waals surface area contributed by atoms with Gasteiger partial charge in [-0.1, -0.05) is 18.2 Å². The number of fused-ring (bicyclic) bond motifs is 1. The largest absolute Gasteiger partial charge is 0.357 e. The predicted octanol–water partition coefficient (Wildman–Crippen LogP) is 5.65. The van der Waals surface area contributed by atoms with Crippen molar-refractivity contribution < 1.29 is 0 Å². The minimum absolute atomic E-state index is 0.492. The number of aromatic amines is 1. The highest BCUT2D eigenvalue weighted by molar-refractivity contribution is 5.99.